The summed E-state index contributed by atoms with van der Waals surface area (Å²) in [6, 6.07) is 0. The van der Waals surface area contributed by atoms with Crippen molar-refractivity contribution in [2.45, 2.75) is 46.3 Å². The van der Waals surface area contributed by atoms with Crippen LogP contribution in [0.25, 0.3) is 0 Å². The van der Waals surface area contributed by atoms with Crippen molar-refractivity contribution in [2.75, 3.05) is 0 Å². The minimum absolute atomic E-state index is 0.0171. The van der Waals surface area contributed by atoms with Crippen LogP contribution in [0.5, 0.6) is 0 Å². The molecule has 0 aromatic carbocycles. The van der Waals surface area contributed by atoms with Crippen molar-refractivity contribution in [3.63, 3.8) is 0 Å². The van der Waals surface area contributed by atoms with Crippen molar-refractivity contribution in [1.29, 1.82) is 0 Å². The fraction of sp³-hybridized carbons (Fsp3) is 0.778. The molecule has 0 fully saturated rings. The standard InChI is InChI=1S/C9H17N3O/c1-3-5-8-10-11-9(7-13)12(8)6-4-2/h13H,3-7H2,1-2H3. The zero-order chi connectivity index (χ0) is 9.68. The summed E-state index contributed by atoms with van der Waals surface area (Å²) in [5, 5.41) is 17.0. The molecule has 0 saturated heterocycles. The Hall–Kier alpha value is -0.900. The predicted octanol–water partition coefficient (Wildman–Crippen LogP) is 1.13. The number of hydrogen-bond donors (Lipinski definition) is 1. The Labute approximate surface area is 78.6 Å². The molecule has 0 radical (unpaired) electrons. The van der Waals surface area contributed by atoms with Crippen LogP contribution in [-0.2, 0) is 19.6 Å². The Balaban J connectivity index is 2.85. The van der Waals surface area contributed by atoms with Gasteiger partial charge in [0.2, 0.25) is 0 Å². The average Bonchev–Trinajstić information content (AvgIpc) is 2.50. The first-order valence-corrected chi connectivity index (χ1v) is 4.85. The largest absolute Gasteiger partial charge is 0.388 e. The van der Waals surface area contributed by atoms with Gasteiger partial charge in [-0.25, -0.2) is 0 Å². The van der Waals surface area contributed by atoms with Crippen molar-refractivity contribution in [1.82, 2.24) is 14.8 Å². The molecule has 0 unspecified atom stereocenters. The summed E-state index contributed by atoms with van der Waals surface area (Å²) in [7, 11) is 0. The molecule has 0 bridgehead atoms. The van der Waals surface area contributed by atoms with Crippen molar-refractivity contribution in [2.24, 2.45) is 0 Å². The van der Waals surface area contributed by atoms with Gasteiger partial charge in [0.05, 0.1) is 0 Å². The van der Waals surface area contributed by atoms with Gasteiger partial charge < -0.3 is 9.67 Å². The summed E-state index contributed by atoms with van der Waals surface area (Å²) in [6.45, 7) is 5.11. The van der Waals surface area contributed by atoms with Gasteiger partial charge in [0.25, 0.3) is 0 Å². The number of aliphatic hydroxyl groups is 1. The average molecular weight is 183 g/mol. The van der Waals surface area contributed by atoms with Gasteiger partial charge in [0.15, 0.2) is 5.82 Å². The lowest BCUT2D eigenvalue weighted by Crippen LogP contribution is -2.07. The third-order valence-corrected chi connectivity index (χ3v) is 1.97. The molecule has 0 amide bonds. The Morgan fingerprint density at radius 1 is 1.15 bits per heavy atom. The first kappa shape index (κ1) is 10.2. The van der Waals surface area contributed by atoms with Gasteiger partial charge in [0, 0.05) is 13.0 Å². The second-order valence-corrected chi connectivity index (χ2v) is 3.09. The van der Waals surface area contributed by atoms with Gasteiger partial charge in [-0.1, -0.05) is 13.8 Å². The van der Waals surface area contributed by atoms with Crippen LogP contribution in [-0.4, -0.2) is 19.9 Å². The quantitative estimate of drug-likeness (QED) is 0.744. The summed E-state index contributed by atoms with van der Waals surface area (Å²) in [5.74, 6) is 1.68. The highest BCUT2D eigenvalue weighted by Gasteiger charge is 2.08. The van der Waals surface area contributed by atoms with Crippen molar-refractivity contribution >= 4 is 0 Å². The summed E-state index contributed by atoms with van der Waals surface area (Å²) in [4.78, 5) is 0. The minimum atomic E-state index is -0.0171. The smallest absolute Gasteiger partial charge is 0.158 e. The highest BCUT2D eigenvalue weighted by atomic mass is 16.3. The maximum absolute atomic E-state index is 9.00. The molecule has 0 saturated carbocycles. The maximum atomic E-state index is 9.00. The number of rotatable bonds is 5. The van der Waals surface area contributed by atoms with E-state index >= 15 is 0 Å². The Morgan fingerprint density at radius 3 is 2.38 bits per heavy atom. The van der Waals surface area contributed by atoms with Crippen molar-refractivity contribution in [3.05, 3.63) is 11.6 Å². The van der Waals surface area contributed by atoms with E-state index in [0.717, 1.165) is 31.6 Å². The van der Waals surface area contributed by atoms with Crippen LogP contribution >= 0.6 is 0 Å². The van der Waals surface area contributed by atoms with Gasteiger partial charge in [-0.05, 0) is 12.8 Å². The molecule has 1 heterocycles. The van der Waals surface area contributed by atoms with E-state index in [4.69, 9.17) is 5.11 Å². The van der Waals surface area contributed by atoms with E-state index in [9.17, 15) is 0 Å². The van der Waals surface area contributed by atoms with Gasteiger partial charge in [-0.2, -0.15) is 0 Å². The second-order valence-electron chi connectivity index (χ2n) is 3.09. The van der Waals surface area contributed by atoms with E-state index in [1.165, 1.54) is 0 Å². The van der Waals surface area contributed by atoms with Crippen LogP contribution in [0.15, 0.2) is 0 Å². The number of aliphatic hydroxyl groups excluding tert-OH is 1. The van der Waals surface area contributed by atoms with E-state index in [1.807, 2.05) is 4.57 Å². The van der Waals surface area contributed by atoms with Gasteiger partial charge in [0.1, 0.15) is 12.4 Å². The summed E-state index contributed by atoms with van der Waals surface area (Å²) >= 11 is 0. The lowest BCUT2D eigenvalue weighted by atomic mass is 10.3. The van der Waals surface area contributed by atoms with Crippen LogP contribution in [0.2, 0.25) is 0 Å². The molecule has 13 heavy (non-hydrogen) atoms. The third-order valence-electron chi connectivity index (χ3n) is 1.97. The summed E-state index contributed by atoms with van der Waals surface area (Å²) < 4.78 is 2.02. The first-order valence-electron chi connectivity index (χ1n) is 4.85. The van der Waals surface area contributed by atoms with Crippen LogP contribution < -0.4 is 0 Å². The molecule has 74 valence electrons. The molecular formula is C9H17N3O. The maximum Gasteiger partial charge on any atom is 0.158 e. The highest BCUT2D eigenvalue weighted by Crippen LogP contribution is 2.05. The predicted molar refractivity (Wildman–Crippen MR) is 50.2 cm³/mol. The van der Waals surface area contributed by atoms with E-state index < -0.39 is 0 Å². The van der Waals surface area contributed by atoms with E-state index in [0.29, 0.717) is 5.82 Å². The third kappa shape index (κ3) is 2.28. The topological polar surface area (TPSA) is 50.9 Å². The molecule has 1 N–H and O–H groups in total. The summed E-state index contributed by atoms with van der Waals surface area (Å²) in [5.41, 5.74) is 0. The Bertz CT molecular complexity index is 257. The molecule has 1 aromatic heterocycles. The molecule has 0 aliphatic carbocycles. The van der Waals surface area contributed by atoms with Crippen LogP contribution in [0.1, 0.15) is 38.3 Å². The second kappa shape index (κ2) is 4.97. The highest BCUT2D eigenvalue weighted by molar-refractivity contribution is 4.94. The van der Waals surface area contributed by atoms with Crippen LogP contribution in [0.3, 0.4) is 0 Å². The SMILES string of the molecule is CCCc1nnc(CO)n1CCC. The van der Waals surface area contributed by atoms with Crippen molar-refractivity contribution < 1.29 is 5.11 Å². The number of hydrogen-bond acceptors (Lipinski definition) is 3. The van der Waals surface area contributed by atoms with Crippen LogP contribution in [0, 0.1) is 0 Å². The lowest BCUT2D eigenvalue weighted by molar-refractivity contribution is 0.264. The molecule has 1 aromatic rings. The molecule has 1 rings (SSSR count). The van der Waals surface area contributed by atoms with Gasteiger partial charge in [-0.3, -0.25) is 0 Å². The zero-order valence-electron chi connectivity index (χ0n) is 8.32. The molecule has 0 atom stereocenters. The minimum Gasteiger partial charge on any atom is -0.388 e. The van der Waals surface area contributed by atoms with Gasteiger partial charge in [-0.15, -0.1) is 10.2 Å². The number of aromatic nitrogens is 3. The monoisotopic (exact) mass is 183 g/mol. The zero-order valence-corrected chi connectivity index (χ0v) is 8.32. The molecule has 4 heteroatoms. The molecular weight excluding hydrogens is 166 g/mol. The van der Waals surface area contributed by atoms with Crippen LogP contribution in [0.4, 0.5) is 0 Å². The Morgan fingerprint density at radius 2 is 1.85 bits per heavy atom. The Kier molecular flexibility index (Phi) is 3.89. The van der Waals surface area contributed by atoms with Gasteiger partial charge >= 0.3 is 0 Å². The molecule has 0 spiro atoms. The van der Waals surface area contributed by atoms with Crippen molar-refractivity contribution in [3.8, 4) is 0 Å². The summed E-state index contributed by atoms with van der Waals surface area (Å²) in [6.07, 6.45) is 3.04. The van der Waals surface area contributed by atoms with E-state index in [1.54, 1.807) is 0 Å². The first-order chi connectivity index (χ1) is 6.33. The molecule has 4 nitrogen and oxygen atoms in total. The fourth-order valence-electron chi connectivity index (χ4n) is 1.38. The number of aryl methyl sites for hydroxylation is 1. The van der Waals surface area contributed by atoms with E-state index in [2.05, 4.69) is 24.0 Å². The number of nitrogens with zero attached hydrogens (tertiary/aromatic N) is 3. The molecule has 0 aliphatic heterocycles. The lowest BCUT2D eigenvalue weighted by Gasteiger charge is -2.06. The normalized spacial score (nSPS) is 10.7. The van der Waals surface area contributed by atoms with E-state index in [-0.39, 0.29) is 6.61 Å². The molecule has 0 aliphatic rings. The fourth-order valence-corrected chi connectivity index (χ4v) is 1.38.